The summed E-state index contributed by atoms with van der Waals surface area (Å²) in [4.78, 5) is 8.92. The van der Waals surface area contributed by atoms with Crippen molar-refractivity contribution in [2.75, 3.05) is 18.1 Å². The van der Waals surface area contributed by atoms with Crippen molar-refractivity contribution in [2.24, 2.45) is 5.92 Å². The van der Waals surface area contributed by atoms with E-state index in [1.54, 1.807) is 11.8 Å². The van der Waals surface area contributed by atoms with Crippen LogP contribution in [-0.2, 0) is 0 Å². The van der Waals surface area contributed by atoms with Crippen LogP contribution in [0.15, 0.2) is 11.2 Å². The Morgan fingerprint density at radius 2 is 2.10 bits per heavy atom. The van der Waals surface area contributed by atoms with Crippen molar-refractivity contribution < 1.29 is 4.74 Å². The van der Waals surface area contributed by atoms with Crippen molar-refractivity contribution in [1.29, 1.82) is 0 Å². The van der Waals surface area contributed by atoms with Gasteiger partial charge in [-0.2, -0.15) is 4.98 Å². The summed E-state index contributed by atoms with van der Waals surface area (Å²) in [6, 6.07) is 1.92. The Morgan fingerprint density at radius 1 is 1.30 bits per heavy atom. The lowest BCUT2D eigenvalue weighted by molar-refractivity contribution is 0.0851. The number of nitrogens with zero attached hydrogens (tertiary/aromatic N) is 2. The molecule has 112 valence electrons. The van der Waals surface area contributed by atoms with Gasteiger partial charge in [-0.25, -0.2) is 4.98 Å². The summed E-state index contributed by atoms with van der Waals surface area (Å²) >= 11 is 1.55. The molecule has 1 aromatic heterocycles. The maximum atomic E-state index is 6.18. The predicted molar refractivity (Wildman–Crippen MR) is 84.6 cm³/mol. The van der Waals surface area contributed by atoms with Crippen LogP contribution in [0.5, 0.6) is 5.88 Å². The molecule has 1 fully saturated rings. The highest BCUT2D eigenvalue weighted by molar-refractivity contribution is 7.98. The Balaban J connectivity index is 2.12. The topological polar surface area (TPSA) is 47.0 Å². The summed E-state index contributed by atoms with van der Waals surface area (Å²) in [5.74, 6) is 2.23. The number of nitrogens with one attached hydrogen (secondary N) is 1. The predicted octanol–water partition coefficient (Wildman–Crippen LogP) is 3.98. The van der Waals surface area contributed by atoms with Crippen LogP contribution in [0.1, 0.15) is 46.0 Å². The van der Waals surface area contributed by atoms with E-state index in [2.05, 4.69) is 29.1 Å². The van der Waals surface area contributed by atoms with Crippen LogP contribution in [0.4, 0.5) is 5.82 Å². The van der Waals surface area contributed by atoms with Gasteiger partial charge in [0.15, 0.2) is 5.16 Å². The molecular formula is C15H25N3OS. The van der Waals surface area contributed by atoms with Gasteiger partial charge in [0, 0.05) is 12.6 Å². The van der Waals surface area contributed by atoms with Crippen molar-refractivity contribution in [3.8, 4) is 5.88 Å². The molecule has 2 unspecified atom stereocenters. The minimum Gasteiger partial charge on any atom is -0.474 e. The van der Waals surface area contributed by atoms with Crippen LogP contribution in [0.2, 0.25) is 0 Å². The fourth-order valence-corrected chi connectivity index (χ4v) is 3.15. The lowest BCUT2D eigenvalue weighted by atomic mass is 9.85. The molecule has 2 rings (SSSR count). The number of ether oxygens (including phenoxy) is 1. The average Bonchev–Trinajstić information content (AvgIpc) is 2.48. The smallest absolute Gasteiger partial charge is 0.219 e. The maximum Gasteiger partial charge on any atom is 0.219 e. The molecule has 1 N–H and O–H groups in total. The molecule has 1 aliphatic rings. The summed E-state index contributed by atoms with van der Waals surface area (Å²) in [6.07, 6.45) is 8.51. The summed E-state index contributed by atoms with van der Waals surface area (Å²) in [6.45, 7) is 5.17. The minimum absolute atomic E-state index is 0.313. The number of aromatic nitrogens is 2. The zero-order chi connectivity index (χ0) is 14.4. The molecule has 0 aliphatic heterocycles. The molecule has 1 saturated carbocycles. The molecule has 1 heterocycles. The molecule has 0 radical (unpaired) electrons. The first kappa shape index (κ1) is 15.4. The van der Waals surface area contributed by atoms with Crippen molar-refractivity contribution in [2.45, 2.75) is 57.2 Å². The highest BCUT2D eigenvalue weighted by Gasteiger charge is 2.25. The summed E-state index contributed by atoms with van der Waals surface area (Å²) in [7, 11) is 0. The number of hydrogen-bond donors (Lipinski definition) is 1. The van der Waals surface area contributed by atoms with E-state index in [0.717, 1.165) is 23.9 Å². The van der Waals surface area contributed by atoms with Crippen LogP contribution < -0.4 is 10.1 Å². The van der Waals surface area contributed by atoms with E-state index in [4.69, 9.17) is 4.74 Å². The molecule has 1 aliphatic carbocycles. The normalized spacial score (nSPS) is 22.6. The van der Waals surface area contributed by atoms with E-state index >= 15 is 0 Å². The van der Waals surface area contributed by atoms with Gasteiger partial charge < -0.3 is 10.1 Å². The van der Waals surface area contributed by atoms with Crippen LogP contribution >= 0.6 is 11.8 Å². The SMILES string of the molecule is CCNc1cc(OC2CCCCC2CC)nc(SC)n1. The molecule has 0 aromatic carbocycles. The van der Waals surface area contributed by atoms with Crippen molar-refractivity contribution in [3.63, 3.8) is 0 Å². The summed E-state index contributed by atoms with van der Waals surface area (Å²) in [5, 5.41) is 4.01. The van der Waals surface area contributed by atoms with E-state index in [1.807, 2.05) is 12.3 Å². The lowest BCUT2D eigenvalue weighted by Gasteiger charge is -2.30. The third-order valence-corrected chi connectivity index (χ3v) is 4.41. The van der Waals surface area contributed by atoms with E-state index in [0.29, 0.717) is 17.9 Å². The monoisotopic (exact) mass is 295 g/mol. The Hall–Kier alpha value is -0.970. The number of hydrogen-bond acceptors (Lipinski definition) is 5. The van der Waals surface area contributed by atoms with Crippen LogP contribution in [0, 0.1) is 5.92 Å². The molecule has 4 nitrogen and oxygen atoms in total. The van der Waals surface area contributed by atoms with Gasteiger partial charge in [0.05, 0.1) is 0 Å². The molecule has 0 bridgehead atoms. The zero-order valence-corrected chi connectivity index (χ0v) is 13.5. The maximum absolute atomic E-state index is 6.18. The molecule has 5 heteroatoms. The van der Waals surface area contributed by atoms with Crippen LogP contribution in [0.25, 0.3) is 0 Å². The molecule has 20 heavy (non-hydrogen) atoms. The van der Waals surface area contributed by atoms with E-state index in [-0.39, 0.29) is 0 Å². The highest BCUT2D eigenvalue weighted by Crippen LogP contribution is 2.30. The number of anilines is 1. The Labute approximate surface area is 126 Å². The molecule has 0 saturated heterocycles. The molecule has 0 amide bonds. The second-order valence-corrected chi connectivity index (χ2v) is 5.99. The van der Waals surface area contributed by atoms with Crippen molar-refractivity contribution >= 4 is 17.6 Å². The largest absolute Gasteiger partial charge is 0.474 e. The van der Waals surface area contributed by atoms with Gasteiger partial charge in [-0.15, -0.1) is 0 Å². The van der Waals surface area contributed by atoms with Crippen molar-refractivity contribution in [3.05, 3.63) is 6.07 Å². The fraction of sp³-hybridized carbons (Fsp3) is 0.733. The van der Waals surface area contributed by atoms with Crippen LogP contribution in [0.3, 0.4) is 0 Å². The Bertz CT molecular complexity index is 428. The second kappa shape index (κ2) is 7.72. The lowest BCUT2D eigenvalue weighted by Crippen LogP contribution is -2.30. The minimum atomic E-state index is 0.313. The first-order valence-electron chi connectivity index (χ1n) is 7.60. The van der Waals surface area contributed by atoms with E-state index in [9.17, 15) is 0 Å². The van der Waals surface area contributed by atoms with Gasteiger partial charge in [0.2, 0.25) is 5.88 Å². The highest BCUT2D eigenvalue weighted by atomic mass is 32.2. The number of thioether (sulfide) groups is 1. The first-order valence-corrected chi connectivity index (χ1v) is 8.82. The third kappa shape index (κ3) is 4.01. The van der Waals surface area contributed by atoms with Gasteiger partial charge in [0.25, 0.3) is 0 Å². The van der Waals surface area contributed by atoms with Crippen molar-refractivity contribution in [1.82, 2.24) is 9.97 Å². The Kier molecular flexibility index (Phi) is 5.95. The van der Waals surface area contributed by atoms with E-state index in [1.165, 1.54) is 25.7 Å². The van der Waals surface area contributed by atoms with Gasteiger partial charge in [-0.3, -0.25) is 0 Å². The van der Waals surface area contributed by atoms with Gasteiger partial charge in [0.1, 0.15) is 11.9 Å². The van der Waals surface area contributed by atoms with Crippen LogP contribution in [-0.4, -0.2) is 28.9 Å². The average molecular weight is 295 g/mol. The summed E-state index contributed by atoms with van der Waals surface area (Å²) in [5.41, 5.74) is 0. The van der Waals surface area contributed by atoms with Gasteiger partial charge in [-0.1, -0.05) is 25.1 Å². The molecular weight excluding hydrogens is 270 g/mol. The molecule has 0 spiro atoms. The van der Waals surface area contributed by atoms with Gasteiger partial charge in [-0.05, 0) is 44.8 Å². The standard InChI is InChI=1S/C15H25N3OS/c1-4-11-8-6-7-9-12(11)19-14-10-13(16-5-2)17-15(18-14)20-3/h10-12H,4-9H2,1-3H3,(H,16,17,18). The molecule has 2 atom stereocenters. The quantitative estimate of drug-likeness (QED) is 0.635. The molecule has 1 aromatic rings. The number of rotatable bonds is 6. The third-order valence-electron chi connectivity index (χ3n) is 3.86. The second-order valence-electron chi connectivity index (χ2n) is 5.22. The fourth-order valence-electron chi connectivity index (χ4n) is 2.78. The first-order chi connectivity index (χ1) is 9.76. The zero-order valence-electron chi connectivity index (χ0n) is 12.7. The van der Waals surface area contributed by atoms with E-state index < -0.39 is 0 Å². The Morgan fingerprint density at radius 3 is 2.80 bits per heavy atom. The van der Waals surface area contributed by atoms with Gasteiger partial charge >= 0.3 is 0 Å². The summed E-state index contributed by atoms with van der Waals surface area (Å²) < 4.78 is 6.18.